The van der Waals surface area contributed by atoms with E-state index >= 15 is 0 Å². The smallest absolute Gasteiger partial charge is 0.355 e. The Morgan fingerprint density at radius 3 is 2.89 bits per heavy atom. The summed E-state index contributed by atoms with van der Waals surface area (Å²) in [5, 5.41) is 13.8. The molecular weight excluding hydrogens is 266 g/mol. The number of hydrogen-bond donors (Lipinski definition) is 2. The fourth-order valence-electron chi connectivity index (χ4n) is 2.15. The number of nitrogens with one attached hydrogen (secondary N) is 1. The topological polar surface area (TPSA) is 82.5 Å². The van der Waals surface area contributed by atoms with Crippen LogP contribution in [0.1, 0.15) is 48.2 Å². The van der Waals surface area contributed by atoms with Gasteiger partial charge in [0.15, 0.2) is 5.69 Å². The van der Waals surface area contributed by atoms with Gasteiger partial charge in [0, 0.05) is 18.0 Å². The SMILES string of the molecule is CC(NC(=O)N1CCCC1C)c1nc(C(=O)O)cs1. The van der Waals surface area contributed by atoms with E-state index in [2.05, 4.69) is 10.3 Å². The van der Waals surface area contributed by atoms with Crippen LogP contribution in [0.15, 0.2) is 5.38 Å². The molecule has 0 spiro atoms. The van der Waals surface area contributed by atoms with Gasteiger partial charge in [0.05, 0.1) is 6.04 Å². The van der Waals surface area contributed by atoms with Crippen molar-refractivity contribution in [3.05, 3.63) is 16.1 Å². The van der Waals surface area contributed by atoms with E-state index in [1.54, 1.807) is 0 Å². The number of aromatic carboxylic acids is 1. The zero-order valence-corrected chi connectivity index (χ0v) is 11.7. The Morgan fingerprint density at radius 2 is 2.37 bits per heavy atom. The minimum absolute atomic E-state index is 0.0237. The van der Waals surface area contributed by atoms with Gasteiger partial charge in [0.25, 0.3) is 0 Å². The molecule has 0 saturated carbocycles. The lowest BCUT2D eigenvalue weighted by Gasteiger charge is -2.23. The van der Waals surface area contributed by atoms with Crippen molar-refractivity contribution < 1.29 is 14.7 Å². The Hall–Kier alpha value is -1.63. The third kappa shape index (κ3) is 3.04. The molecule has 2 heterocycles. The molecule has 1 saturated heterocycles. The molecule has 104 valence electrons. The second-order valence-electron chi connectivity index (χ2n) is 4.73. The molecule has 1 aliphatic heterocycles. The lowest BCUT2D eigenvalue weighted by molar-refractivity contribution is 0.0691. The number of nitrogens with zero attached hydrogens (tertiary/aromatic N) is 2. The molecule has 2 amide bonds. The number of rotatable bonds is 3. The molecule has 0 bridgehead atoms. The van der Waals surface area contributed by atoms with Gasteiger partial charge in [-0.3, -0.25) is 0 Å². The molecule has 2 atom stereocenters. The maximum atomic E-state index is 12.1. The molecule has 7 heteroatoms. The molecule has 1 aromatic heterocycles. The van der Waals surface area contributed by atoms with Gasteiger partial charge in [-0.25, -0.2) is 14.6 Å². The minimum atomic E-state index is -1.05. The van der Waals surface area contributed by atoms with Crippen molar-refractivity contribution in [3.8, 4) is 0 Å². The highest BCUT2D eigenvalue weighted by Crippen LogP contribution is 2.20. The van der Waals surface area contributed by atoms with Gasteiger partial charge in [0.2, 0.25) is 0 Å². The van der Waals surface area contributed by atoms with E-state index in [1.807, 2.05) is 18.7 Å². The third-order valence-electron chi connectivity index (χ3n) is 3.27. The van der Waals surface area contributed by atoms with Crippen molar-refractivity contribution in [2.24, 2.45) is 0 Å². The van der Waals surface area contributed by atoms with E-state index < -0.39 is 5.97 Å². The summed E-state index contributed by atoms with van der Waals surface area (Å²) in [5.74, 6) is -1.05. The van der Waals surface area contributed by atoms with Crippen molar-refractivity contribution in [1.29, 1.82) is 0 Å². The average molecular weight is 283 g/mol. The highest BCUT2D eigenvalue weighted by atomic mass is 32.1. The second-order valence-corrected chi connectivity index (χ2v) is 5.62. The van der Waals surface area contributed by atoms with E-state index in [0.29, 0.717) is 5.01 Å². The van der Waals surface area contributed by atoms with E-state index in [1.165, 1.54) is 16.7 Å². The zero-order chi connectivity index (χ0) is 14.0. The molecule has 2 rings (SSSR count). The van der Waals surface area contributed by atoms with Crippen LogP contribution in [0, 0.1) is 0 Å². The van der Waals surface area contributed by atoms with Crippen molar-refractivity contribution in [2.75, 3.05) is 6.54 Å². The Labute approximate surface area is 115 Å². The first-order valence-corrected chi connectivity index (χ1v) is 7.13. The van der Waals surface area contributed by atoms with Crippen LogP contribution >= 0.6 is 11.3 Å². The molecule has 6 nitrogen and oxygen atoms in total. The van der Waals surface area contributed by atoms with E-state index in [4.69, 9.17) is 5.11 Å². The van der Waals surface area contributed by atoms with Gasteiger partial charge in [-0.05, 0) is 26.7 Å². The Kier molecular flexibility index (Phi) is 4.04. The van der Waals surface area contributed by atoms with Crippen LogP contribution in [0.3, 0.4) is 0 Å². The lowest BCUT2D eigenvalue weighted by Crippen LogP contribution is -2.42. The van der Waals surface area contributed by atoms with Gasteiger partial charge >= 0.3 is 12.0 Å². The van der Waals surface area contributed by atoms with Crippen LogP contribution in [-0.2, 0) is 0 Å². The first-order chi connectivity index (χ1) is 8.99. The van der Waals surface area contributed by atoms with Gasteiger partial charge in [-0.1, -0.05) is 0 Å². The summed E-state index contributed by atoms with van der Waals surface area (Å²) in [6.07, 6.45) is 2.06. The highest BCUT2D eigenvalue weighted by Gasteiger charge is 2.26. The molecule has 1 aliphatic rings. The van der Waals surface area contributed by atoms with Gasteiger partial charge in [-0.15, -0.1) is 11.3 Å². The third-order valence-corrected chi connectivity index (χ3v) is 4.29. The number of carboxylic acid groups (broad SMARTS) is 1. The summed E-state index contributed by atoms with van der Waals surface area (Å²) in [6.45, 7) is 4.62. The average Bonchev–Trinajstić information content (AvgIpc) is 2.96. The molecule has 1 aromatic rings. The number of urea groups is 1. The fraction of sp³-hybridized carbons (Fsp3) is 0.583. The standard InChI is InChI=1S/C12H17N3O3S/c1-7-4-3-5-15(7)12(18)13-8(2)10-14-9(6-19-10)11(16)17/h6-8H,3-5H2,1-2H3,(H,13,18)(H,16,17). The van der Waals surface area contributed by atoms with Crippen molar-refractivity contribution in [1.82, 2.24) is 15.2 Å². The molecular formula is C12H17N3O3S. The number of thiazole rings is 1. The number of hydrogen-bond acceptors (Lipinski definition) is 4. The first kappa shape index (κ1) is 13.8. The summed E-state index contributed by atoms with van der Waals surface area (Å²) >= 11 is 1.25. The van der Waals surface area contributed by atoms with Crippen LogP contribution in [0.25, 0.3) is 0 Å². The number of carbonyl (C=O) groups is 2. The fourth-order valence-corrected chi connectivity index (χ4v) is 2.95. The van der Waals surface area contributed by atoms with E-state index in [-0.39, 0.29) is 23.8 Å². The molecule has 1 fully saturated rings. The first-order valence-electron chi connectivity index (χ1n) is 6.25. The quantitative estimate of drug-likeness (QED) is 0.890. The van der Waals surface area contributed by atoms with E-state index in [0.717, 1.165) is 19.4 Å². The van der Waals surface area contributed by atoms with Gasteiger partial charge in [-0.2, -0.15) is 0 Å². The Bertz CT molecular complexity index is 488. The monoisotopic (exact) mass is 283 g/mol. The molecule has 19 heavy (non-hydrogen) atoms. The van der Waals surface area contributed by atoms with Crippen LogP contribution < -0.4 is 5.32 Å². The lowest BCUT2D eigenvalue weighted by atomic mass is 10.2. The molecule has 2 N–H and O–H groups in total. The number of amides is 2. The van der Waals surface area contributed by atoms with Crippen molar-refractivity contribution in [3.63, 3.8) is 0 Å². The maximum Gasteiger partial charge on any atom is 0.355 e. The summed E-state index contributed by atoms with van der Waals surface area (Å²) in [6, 6.07) is -0.124. The minimum Gasteiger partial charge on any atom is -0.476 e. The normalized spacial score (nSPS) is 20.3. The van der Waals surface area contributed by atoms with Crippen LogP contribution in [-0.4, -0.2) is 39.6 Å². The van der Waals surface area contributed by atoms with E-state index in [9.17, 15) is 9.59 Å². The number of aromatic nitrogens is 1. The number of carbonyl (C=O) groups excluding carboxylic acids is 1. The van der Waals surface area contributed by atoms with Crippen LogP contribution in [0.4, 0.5) is 4.79 Å². The molecule has 0 radical (unpaired) electrons. The number of carboxylic acids is 1. The molecule has 0 aromatic carbocycles. The summed E-state index contributed by atoms with van der Waals surface area (Å²) in [4.78, 5) is 28.6. The maximum absolute atomic E-state index is 12.1. The largest absolute Gasteiger partial charge is 0.476 e. The summed E-state index contributed by atoms with van der Waals surface area (Å²) in [5.41, 5.74) is 0.0237. The van der Waals surface area contributed by atoms with Crippen molar-refractivity contribution >= 4 is 23.3 Å². The predicted octanol–water partition coefficient (Wildman–Crippen LogP) is 2.10. The van der Waals surface area contributed by atoms with Crippen LogP contribution in [0.2, 0.25) is 0 Å². The predicted molar refractivity (Wildman–Crippen MR) is 71.4 cm³/mol. The van der Waals surface area contributed by atoms with Crippen LogP contribution in [0.5, 0.6) is 0 Å². The molecule has 2 unspecified atom stereocenters. The molecule has 0 aliphatic carbocycles. The summed E-state index contributed by atoms with van der Waals surface area (Å²) < 4.78 is 0. The summed E-state index contributed by atoms with van der Waals surface area (Å²) in [7, 11) is 0. The van der Waals surface area contributed by atoms with Gasteiger partial charge < -0.3 is 15.3 Å². The zero-order valence-electron chi connectivity index (χ0n) is 10.9. The van der Waals surface area contributed by atoms with Gasteiger partial charge in [0.1, 0.15) is 5.01 Å². The highest BCUT2D eigenvalue weighted by molar-refractivity contribution is 7.09. The second kappa shape index (κ2) is 5.56. The Balaban J connectivity index is 1.98. The van der Waals surface area contributed by atoms with Crippen molar-refractivity contribution in [2.45, 2.75) is 38.8 Å². The number of likely N-dealkylation sites (tertiary alicyclic amines) is 1. The Morgan fingerprint density at radius 1 is 1.63 bits per heavy atom.